The quantitative estimate of drug-likeness (QED) is 0.876. The smallest absolute Gasteiger partial charge is 0.240 e. The van der Waals surface area contributed by atoms with E-state index in [1.165, 1.54) is 0 Å². The monoisotopic (exact) mass is 292 g/mol. The van der Waals surface area contributed by atoms with Gasteiger partial charge in [-0.3, -0.25) is 4.68 Å². The molecule has 0 aliphatic carbocycles. The molecular weight excluding hydrogens is 276 g/mol. The van der Waals surface area contributed by atoms with Crippen molar-refractivity contribution in [2.24, 2.45) is 7.05 Å². The first kappa shape index (κ1) is 13.1. The summed E-state index contributed by atoms with van der Waals surface area (Å²) in [5, 5.41) is 7.36. The van der Waals surface area contributed by atoms with Gasteiger partial charge in [-0.05, 0) is 36.2 Å². The third-order valence-corrected chi connectivity index (χ3v) is 4.71. The molecule has 1 aliphatic rings. The third kappa shape index (κ3) is 2.54. The highest BCUT2D eigenvalue weighted by molar-refractivity contribution is 7.89. The molecule has 2 heterocycles. The van der Waals surface area contributed by atoms with E-state index < -0.39 is 10.0 Å². The normalized spacial score (nSPS) is 14.1. The maximum absolute atomic E-state index is 12.2. The van der Waals surface area contributed by atoms with Crippen LogP contribution in [-0.4, -0.2) is 24.7 Å². The fourth-order valence-electron chi connectivity index (χ4n) is 2.26. The Morgan fingerprint density at radius 2 is 2.25 bits per heavy atom. The summed E-state index contributed by atoms with van der Waals surface area (Å²) < 4.78 is 28.7. The van der Waals surface area contributed by atoms with Crippen LogP contribution in [0.3, 0.4) is 0 Å². The average Bonchev–Trinajstić information content (AvgIpc) is 3.04. The molecule has 0 spiro atoms. The number of aryl methyl sites for hydroxylation is 1. The highest BCUT2D eigenvalue weighted by Gasteiger charge is 2.18. The molecule has 1 aromatic carbocycles. The van der Waals surface area contributed by atoms with Crippen LogP contribution in [0, 0.1) is 0 Å². The van der Waals surface area contributed by atoms with E-state index in [2.05, 4.69) is 15.1 Å². The van der Waals surface area contributed by atoms with Crippen molar-refractivity contribution in [3.05, 3.63) is 41.7 Å². The highest BCUT2D eigenvalue weighted by atomic mass is 32.2. The Labute approximate surface area is 117 Å². The predicted molar refractivity (Wildman–Crippen MR) is 75.9 cm³/mol. The zero-order chi connectivity index (χ0) is 14.2. The lowest BCUT2D eigenvalue weighted by Gasteiger charge is -2.07. The molecule has 3 rings (SSSR count). The van der Waals surface area contributed by atoms with Crippen LogP contribution in [0.15, 0.2) is 35.4 Å². The summed E-state index contributed by atoms with van der Waals surface area (Å²) in [5.41, 5.74) is 2.76. The molecule has 0 bridgehead atoms. The highest BCUT2D eigenvalue weighted by Crippen LogP contribution is 2.24. The van der Waals surface area contributed by atoms with Gasteiger partial charge in [-0.25, -0.2) is 13.1 Å². The van der Waals surface area contributed by atoms with E-state index in [1.54, 1.807) is 36.1 Å². The summed E-state index contributed by atoms with van der Waals surface area (Å²) in [6, 6.07) is 6.96. The molecule has 0 saturated heterocycles. The first-order valence-corrected chi connectivity index (χ1v) is 7.88. The number of sulfonamides is 1. The van der Waals surface area contributed by atoms with Crippen molar-refractivity contribution < 1.29 is 8.42 Å². The summed E-state index contributed by atoms with van der Waals surface area (Å²) in [6.07, 6.45) is 2.64. The van der Waals surface area contributed by atoms with Gasteiger partial charge in [-0.2, -0.15) is 5.10 Å². The van der Waals surface area contributed by atoms with Gasteiger partial charge in [0.1, 0.15) is 0 Å². The third-order valence-electron chi connectivity index (χ3n) is 3.31. The van der Waals surface area contributed by atoms with Gasteiger partial charge in [0.25, 0.3) is 0 Å². The van der Waals surface area contributed by atoms with Gasteiger partial charge in [0.15, 0.2) is 0 Å². The molecule has 0 saturated carbocycles. The molecule has 0 amide bonds. The Bertz CT molecular complexity index is 737. The summed E-state index contributed by atoms with van der Waals surface area (Å²) in [6.45, 7) is 1.05. The van der Waals surface area contributed by atoms with Gasteiger partial charge in [-0.1, -0.05) is 0 Å². The van der Waals surface area contributed by atoms with E-state index in [0.717, 1.165) is 24.2 Å². The number of hydrogen-bond acceptors (Lipinski definition) is 4. The zero-order valence-electron chi connectivity index (χ0n) is 11.1. The number of hydrogen-bond donors (Lipinski definition) is 2. The molecule has 6 nitrogen and oxygen atoms in total. The minimum Gasteiger partial charge on any atom is -0.384 e. The average molecular weight is 292 g/mol. The molecule has 0 unspecified atom stereocenters. The Morgan fingerprint density at radius 1 is 1.40 bits per heavy atom. The van der Waals surface area contributed by atoms with Gasteiger partial charge < -0.3 is 5.32 Å². The summed E-state index contributed by atoms with van der Waals surface area (Å²) >= 11 is 0. The van der Waals surface area contributed by atoms with Crippen molar-refractivity contribution >= 4 is 15.7 Å². The van der Waals surface area contributed by atoms with Crippen LogP contribution in [-0.2, 0) is 30.0 Å². The van der Waals surface area contributed by atoms with Crippen molar-refractivity contribution in [1.82, 2.24) is 14.5 Å². The number of anilines is 1. The standard InChI is InChI=1S/C13H16N4O2S/c1-17-7-5-11(16-17)9-15-20(18,19)12-2-3-13-10(8-12)4-6-14-13/h2-3,5,7-8,14-15H,4,6,9H2,1H3. The van der Waals surface area contributed by atoms with E-state index in [0.29, 0.717) is 10.6 Å². The maximum atomic E-state index is 12.2. The minimum absolute atomic E-state index is 0.193. The van der Waals surface area contributed by atoms with Crippen LogP contribution in [0.2, 0.25) is 0 Å². The number of fused-ring (bicyclic) bond motifs is 1. The Balaban J connectivity index is 1.78. The topological polar surface area (TPSA) is 76.0 Å². The largest absolute Gasteiger partial charge is 0.384 e. The summed E-state index contributed by atoms with van der Waals surface area (Å²) in [5.74, 6) is 0. The van der Waals surface area contributed by atoms with E-state index in [1.807, 2.05) is 6.07 Å². The number of nitrogens with one attached hydrogen (secondary N) is 2. The molecule has 20 heavy (non-hydrogen) atoms. The van der Waals surface area contributed by atoms with Crippen LogP contribution in [0.5, 0.6) is 0 Å². The predicted octanol–water partition coefficient (Wildman–Crippen LogP) is 0.867. The lowest BCUT2D eigenvalue weighted by molar-refractivity contribution is 0.579. The van der Waals surface area contributed by atoms with Crippen LogP contribution < -0.4 is 10.0 Å². The van der Waals surface area contributed by atoms with E-state index in [4.69, 9.17) is 0 Å². The van der Waals surface area contributed by atoms with Gasteiger partial charge >= 0.3 is 0 Å². The van der Waals surface area contributed by atoms with Crippen molar-refractivity contribution in [3.63, 3.8) is 0 Å². The van der Waals surface area contributed by atoms with E-state index in [-0.39, 0.29) is 6.54 Å². The van der Waals surface area contributed by atoms with E-state index in [9.17, 15) is 8.42 Å². The van der Waals surface area contributed by atoms with Crippen LogP contribution in [0.25, 0.3) is 0 Å². The molecule has 2 N–H and O–H groups in total. The van der Waals surface area contributed by atoms with Crippen molar-refractivity contribution in [2.45, 2.75) is 17.9 Å². The number of aromatic nitrogens is 2. The molecular formula is C13H16N4O2S. The van der Waals surface area contributed by atoms with Crippen LogP contribution in [0.1, 0.15) is 11.3 Å². The lowest BCUT2D eigenvalue weighted by Crippen LogP contribution is -2.23. The van der Waals surface area contributed by atoms with Crippen molar-refractivity contribution in [1.29, 1.82) is 0 Å². The number of nitrogens with zero attached hydrogens (tertiary/aromatic N) is 2. The lowest BCUT2D eigenvalue weighted by atomic mass is 10.2. The second-order valence-electron chi connectivity index (χ2n) is 4.80. The molecule has 7 heteroatoms. The Hall–Kier alpha value is -1.86. The Morgan fingerprint density at radius 3 is 3.00 bits per heavy atom. The molecule has 0 atom stereocenters. The van der Waals surface area contributed by atoms with Gasteiger partial charge in [0.05, 0.1) is 17.1 Å². The second-order valence-corrected chi connectivity index (χ2v) is 6.57. The second kappa shape index (κ2) is 4.92. The van der Waals surface area contributed by atoms with Gasteiger partial charge in [0, 0.05) is 25.5 Å². The molecule has 1 aliphatic heterocycles. The molecule has 106 valence electrons. The SMILES string of the molecule is Cn1ccc(CNS(=O)(=O)c2ccc3c(c2)CCN3)n1. The first-order valence-electron chi connectivity index (χ1n) is 6.39. The van der Waals surface area contributed by atoms with Gasteiger partial charge in [0.2, 0.25) is 10.0 Å². The van der Waals surface area contributed by atoms with Crippen molar-refractivity contribution in [3.8, 4) is 0 Å². The Kier molecular flexibility index (Phi) is 3.23. The molecule has 0 radical (unpaired) electrons. The minimum atomic E-state index is -3.50. The molecule has 1 aromatic heterocycles. The van der Waals surface area contributed by atoms with Gasteiger partial charge in [-0.15, -0.1) is 0 Å². The van der Waals surface area contributed by atoms with Crippen LogP contribution >= 0.6 is 0 Å². The van der Waals surface area contributed by atoms with E-state index >= 15 is 0 Å². The first-order chi connectivity index (χ1) is 9.54. The fraction of sp³-hybridized carbons (Fsp3) is 0.308. The number of benzene rings is 1. The van der Waals surface area contributed by atoms with Crippen molar-refractivity contribution in [2.75, 3.05) is 11.9 Å². The molecule has 2 aromatic rings. The number of rotatable bonds is 4. The summed E-state index contributed by atoms with van der Waals surface area (Å²) in [4.78, 5) is 0.302. The molecule has 0 fully saturated rings. The van der Waals surface area contributed by atoms with Crippen LogP contribution in [0.4, 0.5) is 5.69 Å². The zero-order valence-corrected chi connectivity index (χ0v) is 11.9. The maximum Gasteiger partial charge on any atom is 0.240 e. The summed E-state index contributed by atoms with van der Waals surface area (Å²) in [7, 11) is -1.70. The fourth-order valence-corrected chi connectivity index (χ4v) is 3.31.